The van der Waals surface area contributed by atoms with Gasteiger partial charge in [0.2, 0.25) is 0 Å². The molecule has 8 heteroatoms. The third-order valence-corrected chi connectivity index (χ3v) is 2.37. The lowest BCUT2D eigenvalue weighted by Gasteiger charge is -2.03. The van der Waals surface area contributed by atoms with Crippen molar-refractivity contribution >= 4 is 24.1 Å². The third-order valence-electron chi connectivity index (χ3n) is 2.37. The largest absolute Gasteiger partial charge is 0.280 e. The smallest absolute Gasteiger partial charge is 0.183 e. The van der Waals surface area contributed by atoms with Crippen LogP contribution in [0.25, 0.3) is 0 Å². The van der Waals surface area contributed by atoms with Crippen molar-refractivity contribution in [1.82, 2.24) is 20.8 Å². The summed E-state index contributed by atoms with van der Waals surface area (Å²) in [7, 11) is 0. The van der Waals surface area contributed by atoms with E-state index in [1.54, 1.807) is 36.7 Å². The molecule has 0 aromatic carbocycles. The molecule has 8 nitrogen and oxygen atoms in total. The molecule has 0 fully saturated rings. The maximum Gasteiger partial charge on any atom is 0.183 e. The molecular weight excluding hydrogens is 280 g/mol. The minimum Gasteiger partial charge on any atom is -0.280 e. The first kappa shape index (κ1) is 15.0. The first-order valence-electron chi connectivity index (χ1n) is 6.33. The van der Waals surface area contributed by atoms with Gasteiger partial charge in [0.1, 0.15) is 0 Å². The van der Waals surface area contributed by atoms with Crippen molar-refractivity contribution in [2.45, 2.75) is 0 Å². The molecule has 0 saturated carbocycles. The van der Waals surface area contributed by atoms with Crippen LogP contribution in [0.4, 0.5) is 0 Å². The summed E-state index contributed by atoms with van der Waals surface area (Å²) in [5, 5.41) is 22.9. The maximum atomic E-state index is 7.62. The van der Waals surface area contributed by atoms with Crippen LogP contribution in [0.2, 0.25) is 0 Å². The second-order valence-electron chi connectivity index (χ2n) is 4.00. The van der Waals surface area contributed by atoms with Gasteiger partial charge in [-0.1, -0.05) is 12.1 Å². The van der Waals surface area contributed by atoms with Crippen LogP contribution in [0.5, 0.6) is 0 Å². The summed E-state index contributed by atoms with van der Waals surface area (Å²) in [5.74, 6) is -0.435. The first-order valence-corrected chi connectivity index (χ1v) is 6.33. The van der Waals surface area contributed by atoms with Gasteiger partial charge in [0.25, 0.3) is 0 Å². The molecule has 0 unspecified atom stereocenters. The van der Waals surface area contributed by atoms with E-state index >= 15 is 0 Å². The van der Waals surface area contributed by atoms with E-state index in [4.69, 9.17) is 10.8 Å². The highest BCUT2D eigenvalue weighted by molar-refractivity contribution is 6.37. The fraction of sp³-hybridized carbons (Fsp3) is 0. The quantitative estimate of drug-likeness (QED) is 0.381. The van der Waals surface area contributed by atoms with E-state index in [-0.39, 0.29) is 11.7 Å². The average molecular weight is 294 g/mol. The predicted molar refractivity (Wildman–Crippen MR) is 85.4 cm³/mol. The number of hydrogen-bond donors (Lipinski definition) is 4. The Bertz CT molecular complexity index is 617. The molecule has 2 aromatic heterocycles. The molecule has 0 aliphatic heterocycles. The highest BCUT2D eigenvalue weighted by Gasteiger charge is 2.01. The monoisotopic (exact) mass is 294 g/mol. The van der Waals surface area contributed by atoms with E-state index in [9.17, 15) is 0 Å². The summed E-state index contributed by atoms with van der Waals surface area (Å²) in [6.45, 7) is 0. The number of aromatic nitrogens is 2. The van der Waals surface area contributed by atoms with E-state index in [1.807, 2.05) is 12.1 Å². The number of nitrogens with one attached hydrogen (secondary N) is 4. The Morgan fingerprint density at radius 3 is 1.64 bits per heavy atom. The van der Waals surface area contributed by atoms with Crippen LogP contribution in [-0.4, -0.2) is 34.1 Å². The van der Waals surface area contributed by atoms with Crippen molar-refractivity contribution in [3.63, 3.8) is 0 Å². The number of rotatable bonds is 4. The van der Waals surface area contributed by atoms with Crippen LogP contribution in [-0.2, 0) is 0 Å². The van der Waals surface area contributed by atoms with Crippen LogP contribution >= 0.6 is 0 Å². The molecule has 0 saturated heterocycles. The van der Waals surface area contributed by atoms with Crippen LogP contribution in [0.1, 0.15) is 11.4 Å². The van der Waals surface area contributed by atoms with Crippen LogP contribution < -0.4 is 10.9 Å². The van der Waals surface area contributed by atoms with E-state index in [2.05, 4.69) is 31.0 Å². The summed E-state index contributed by atoms with van der Waals surface area (Å²) in [6.07, 6.45) is 6.20. The van der Waals surface area contributed by atoms with E-state index in [0.717, 1.165) is 0 Å². The van der Waals surface area contributed by atoms with Gasteiger partial charge < -0.3 is 0 Å². The van der Waals surface area contributed by atoms with Crippen molar-refractivity contribution in [2.24, 2.45) is 10.2 Å². The number of nitrogens with zero attached hydrogens (tertiary/aromatic N) is 4. The van der Waals surface area contributed by atoms with Crippen molar-refractivity contribution in [3.8, 4) is 0 Å². The lowest BCUT2D eigenvalue weighted by Crippen LogP contribution is -2.34. The van der Waals surface area contributed by atoms with Crippen LogP contribution in [0, 0.1) is 10.8 Å². The summed E-state index contributed by atoms with van der Waals surface area (Å²) in [5.41, 5.74) is 6.13. The van der Waals surface area contributed by atoms with Gasteiger partial charge in [-0.3, -0.25) is 31.6 Å². The molecule has 0 atom stereocenters. The molecule has 2 aromatic rings. The highest BCUT2D eigenvalue weighted by Crippen LogP contribution is 1.88. The molecule has 2 rings (SSSR count). The average Bonchev–Trinajstić information content (AvgIpc) is 2.56. The molecule has 2 heterocycles. The fourth-order valence-corrected chi connectivity index (χ4v) is 1.34. The van der Waals surface area contributed by atoms with E-state index < -0.39 is 0 Å². The number of pyridine rings is 2. The Hall–Kier alpha value is -3.42. The fourth-order valence-electron chi connectivity index (χ4n) is 1.34. The normalized spacial score (nSPS) is 10.7. The van der Waals surface area contributed by atoms with Gasteiger partial charge in [0.15, 0.2) is 11.7 Å². The second kappa shape index (κ2) is 8.00. The number of hydrazone groups is 2. The van der Waals surface area contributed by atoms with Gasteiger partial charge >= 0.3 is 0 Å². The number of amidine groups is 2. The van der Waals surface area contributed by atoms with Crippen molar-refractivity contribution < 1.29 is 0 Å². The minimum absolute atomic E-state index is 0.217. The van der Waals surface area contributed by atoms with Gasteiger partial charge in [0.05, 0.1) is 23.8 Å². The molecular formula is C14H14N8. The van der Waals surface area contributed by atoms with Gasteiger partial charge in [-0.15, -0.1) is 0 Å². The molecule has 0 bridgehead atoms. The minimum atomic E-state index is -0.217. The van der Waals surface area contributed by atoms with Crippen molar-refractivity contribution in [1.29, 1.82) is 10.8 Å². The Balaban J connectivity index is 1.79. The molecule has 0 radical (unpaired) electrons. The summed E-state index contributed by atoms with van der Waals surface area (Å²) in [6, 6.07) is 10.8. The van der Waals surface area contributed by atoms with Crippen molar-refractivity contribution in [2.75, 3.05) is 0 Å². The lowest BCUT2D eigenvalue weighted by atomic mass is 10.4. The van der Waals surface area contributed by atoms with Gasteiger partial charge in [0, 0.05) is 12.4 Å². The van der Waals surface area contributed by atoms with Gasteiger partial charge in [-0.05, 0) is 24.3 Å². The summed E-state index contributed by atoms with van der Waals surface area (Å²) < 4.78 is 0. The van der Waals surface area contributed by atoms with Crippen LogP contribution in [0.15, 0.2) is 59.0 Å². The third kappa shape index (κ3) is 4.93. The second-order valence-corrected chi connectivity index (χ2v) is 4.00. The SMILES string of the molecule is N=C(N/N=C/c1ccccn1)C(=N)N/N=C/c1ccccn1. The topological polar surface area (TPSA) is 122 Å². The van der Waals surface area contributed by atoms with Gasteiger partial charge in [-0.25, -0.2) is 0 Å². The molecule has 110 valence electrons. The summed E-state index contributed by atoms with van der Waals surface area (Å²) >= 11 is 0. The van der Waals surface area contributed by atoms with E-state index in [1.165, 1.54) is 12.4 Å². The molecule has 4 N–H and O–H groups in total. The van der Waals surface area contributed by atoms with Crippen LogP contribution in [0.3, 0.4) is 0 Å². The number of hydrogen-bond acceptors (Lipinski definition) is 6. The Labute approximate surface area is 127 Å². The predicted octanol–water partition coefficient (Wildman–Crippen LogP) is 0.978. The van der Waals surface area contributed by atoms with Crippen molar-refractivity contribution in [3.05, 3.63) is 60.2 Å². The Morgan fingerprint density at radius 2 is 1.27 bits per heavy atom. The zero-order valence-corrected chi connectivity index (χ0v) is 11.6. The standard InChI is InChI=1S/C14H14N8/c15-13(21-19-9-11-5-1-3-7-17-11)14(16)22-20-10-12-6-2-4-8-18-12/h1-10H,(H2,15,21)(H2,16,22)/b19-9+,20-10+. The summed E-state index contributed by atoms with van der Waals surface area (Å²) in [4.78, 5) is 8.09. The molecule has 0 amide bonds. The molecule has 0 spiro atoms. The zero-order valence-electron chi connectivity index (χ0n) is 11.6. The van der Waals surface area contributed by atoms with E-state index in [0.29, 0.717) is 11.4 Å². The maximum absolute atomic E-state index is 7.62. The Morgan fingerprint density at radius 1 is 0.818 bits per heavy atom. The Kier molecular flexibility index (Phi) is 5.45. The first-order chi connectivity index (χ1) is 10.8. The lowest BCUT2D eigenvalue weighted by molar-refractivity contribution is 0.982. The zero-order chi connectivity index (χ0) is 15.6. The molecule has 0 aliphatic carbocycles. The van der Waals surface area contributed by atoms with Gasteiger partial charge in [-0.2, -0.15) is 10.2 Å². The molecule has 22 heavy (non-hydrogen) atoms. The molecule has 0 aliphatic rings. The highest BCUT2D eigenvalue weighted by atomic mass is 15.4.